The normalized spacial score (nSPS) is 12.5. The Morgan fingerprint density at radius 1 is 0.704 bits per heavy atom. The lowest BCUT2D eigenvalue weighted by Crippen LogP contribution is -1.96. The van der Waals surface area contributed by atoms with Gasteiger partial charge in [-0.25, -0.2) is 0 Å². The molecule has 0 saturated carbocycles. The average molecular weight is 383 g/mol. The van der Waals surface area contributed by atoms with Gasteiger partial charge in [0.2, 0.25) is 0 Å². The summed E-state index contributed by atoms with van der Waals surface area (Å²) >= 11 is 3.74. The van der Waals surface area contributed by atoms with Gasteiger partial charge in [0.1, 0.15) is 0 Å². The van der Waals surface area contributed by atoms with E-state index in [4.69, 9.17) is 0 Å². The van der Waals surface area contributed by atoms with Crippen LogP contribution in [0.3, 0.4) is 0 Å². The number of fused-ring (bicyclic) bond motifs is 3. The van der Waals surface area contributed by atoms with E-state index in [2.05, 4.69) is 86.3 Å². The van der Waals surface area contributed by atoms with Gasteiger partial charge in [0.25, 0.3) is 0 Å². The Hall–Kier alpha value is -2.42. The monoisotopic (exact) mass is 382 g/mol. The quantitative estimate of drug-likeness (QED) is 0.303. The molecule has 0 aliphatic carbocycles. The van der Waals surface area contributed by atoms with E-state index < -0.39 is 0 Å². The summed E-state index contributed by atoms with van der Waals surface area (Å²) in [6, 6.07) is 26.3. The summed E-state index contributed by atoms with van der Waals surface area (Å²) < 4.78 is 0. The van der Waals surface area contributed by atoms with Crippen LogP contribution in [0.1, 0.15) is 11.1 Å². The molecule has 4 aromatic carbocycles. The molecule has 0 unspecified atom stereocenters. The SMILES string of the molecule is C=Cc1c(-c2ccccc2C)ccc2c1Sc1cc3ccccc3cc1S2. The topological polar surface area (TPSA) is 0 Å². The van der Waals surface area contributed by atoms with E-state index >= 15 is 0 Å². The minimum Gasteiger partial charge on any atom is -0.0984 e. The molecule has 130 valence electrons. The highest BCUT2D eigenvalue weighted by Gasteiger charge is 2.22. The largest absolute Gasteiger partial charge is 0.0984 e. The van der Waals surface area contributed by atoms with Gasteiger partial charge in [-0.2, -0.15) is 0 Å². The molecular weight excluding hydrogens is 364 g/mol. The minimum atomic E-state index is 1.23. The first kappa shape index (κ1) is 16.7. The van der Waals surface area contributed by atoms with Crippen molar-refractivity contribution in [1.82, 2.24) is 0 Å². The maximum Gasteiger partial charge on any atom is 0.0340 e. The van der Waals surface area contributed by atoms with E-state index in [9.17, 15) is 0 Å². The molecule has 0 amide bonds. The van der Waals surface area contributed by atoms with E-state index in [0.717, 1.165) is 0 Å². The molecule has 0 saturated heterocycles. The Bertz CT molecular complexity index is 1200. The third-order valence-electron chi connectivity index (χ3n) is 5.04. The van der Waals surface area contributed by atoms with E-state index in [1.54, 1.807) is 0 Å². The molecule has 1 aliphatic heterocycles. The predicted octanol–water partition coefficient (Wildman–Crippen LogP) is 8.07. The molecule has 1 aliphatic rings. The summed E-state index contributed by atoms with van der Waals surface area (Å²) in [7, 11) is 0. The van der Waals surface area contributed by atoms with E-state index in [1.165, 1.54) is 52.6 Å². The highest BCUT2D eigenvalue weighted by molar-refractivity contribution is 8.05. The van der Waals surface area contributed by atoms with Gasteiger partial charge in [0.05, 0.1) is 0 Å². The van der Waals surface area contributed by atoms with Crippen molar-refractivity contribution in [3.63, 3.8) is 0 Å². The van der Waals surface area contributed by atoms with Gasteiger partial charge >= 0.3 is 0 Å². The Balaban J connectivity index is 1.68. The van der Waals surface area contributed by atoms with Gasteiger partial charge in [-0.15, -0.1) is 0 Å². The zero-order chi connectivity index (χ0) is 18.4. The van der Waals surface area contributed by atoms with Gasteiger partial charge in [0.15, 0.2) is 0 Å². The fourth-order valence-corrected chi connectivity index (χ4v) is 6.12. The summed E-state index contributed by atoms with van der Waals surface area (Å²) in [6.45, 7) is 6.31. The van der Waals surface area contributed by atoms with Crippen molar-refractivity contribution in [3.05, 3.63) is 90.5 Å². The number of hydrogen-bond acceptors (Lipinski definition) is 2. The molecule has 0 aromatic heterocycles. The van der Waals surface area contributed by atoms with Gasteiger partial charge in [-0.1, -0.05) is 90.8 Å². The lowest BCUT2D eigenvalue weighted by molar-refractivity contribution is 1.16. The van der Waals surface area contributed by atoms with Crippen molar-refractivity contribution < 1.29 is 0 Å². The lowest BCUT2D eigenvalue weighted by Gasteiger charge is -2.23. The van der Waals surface area contributed by atoms with Crippen molar-refractivity contribution in [2.75, 3.05) is 0 Å². The summed E-state index contributed by atoms with van der Waals surface area (Å²) in [4.78, 5) is 5.30. The second kappa shape index (κ2) is 6.63. The van der Waals surface area contributed by atoms with Crippen LogP contribution in [0.25, 0.3) is 28.0 Å². The van der Waals surface area contributed by atoms with Gasteiger partial charge < -0.3 is 0 Å². The number of benzene rings is 4. The summed E-state index contributed by atoms with van der Waals surface area (Å²) in [5, 5.41) is 2.59. The van der Waals surface area contributed by atoms with Crippen LogP contribution in [0.2, 0.25) is 0 Å². The number of rotatable bonds is 2. The van der Waals surface area contributed by atoms with Crippen LogP contribution in [-0.2, 0) is 0 Å². The number of hydrogen-bond donors (Lipinski definition) is 0. The van der Waals surface area contributed by atoms with Crippen LogP contribution in [0.4, 0.5) is 0 Å². The van der Waals surface area contributed by atoms with E-state index in [-0.39, 0.29) is 0 Å². The molecule has 0 radical (unpaired) electrons. The van der Waals surface area contributed by atoms with E-state index in [0.29, 0.717) is 0 Å². The standard InChI is InChI=1S/C25H18S2/c1-3-19-21(20-11-7-4-8-16(20)2)12-13-22-25(19)27-24-15-18-10-6-5-9-17(18)14-23(24)26-22/h3-15H,1H2,2H3. The first-order chi connectivity index (χ1) is 13.2. The molecule has 0 N–H and O–H groups in total. The average Bonchev–Trinajstić information content (AvgIpc) is 2.70. The Kier molecular flexibility index (Phi) is 4.11. The molecule has 1 heterocycles. The molecule has 0 fully saturated rings. The molecule has 0 spiro atoms. The van der Waals surface area contributed by atoms with Gasteiger partial charge in [-0.3, -0.25) is 0 Å². The van der Waals surface area contributed by atoms with Crippen LogP contribution < -0.4 is 0 Å². The van der Waals surface area contributed by atoms with Crippen LogP contribution >= 0.6 is 23.5 Å². The van der Waals surface area contributed by atoms with Gasteiger partial charge in [0, 0.05) is 19.6 Å². The molecule has 5 rings (SSSR count). The Morgan fingerprint density at radius 3 is 2.07 bits per heavy atom. The van der Waals surface area contributed by atoms with Crippen molar-refractivity contribution in [3.8, 4) is 11.1 Å². The molecule has 27 heavy (non-hydrogen) atoms. The van der Waals surface area contributed by atoms with Crippen LogP contribution in [0, 0.1) is 6.92 Å². The maximum atomic E-state index is 4.14. The summed E-state index contributed by atoms with van der Waals surface area (Å²) in [5.74, 6) is 0. The summed E-state index contributed by atoms with van der Waals surface area (Å²) in [5.41, 5.74) is 5.07. The first-order valence-corrected chi connectivity index (χ1v) is 10.6. The van der Waals surface area contributed by atoms with Crippen molar-refractivity contribution in [1.29, 1.82) is 0 Å². The van der Waals surface area contributed by atoms with Crippen molar-refractivity contribution in [2.45, 2.75) is 26.5 Å². The minimum absolute atomic E-state index is 1.23. The highest BCUT2D eigenvalue weighted by atomic mass is 32.2. The number of aryl methyl sites for hydroxylation is 1. The maximum absolute atomic E-state index is 4.14. The first-order valence-electron chi connectivity index (χ1n) is 8.98. The zero-order valence-corrected chi connectivity index (χ0v) is 16.7. The molecule has 2 heteroatoms. The second-order valence-corrected chi connectivity index (χ2v) is 8.86. The van der Waals surface area contributed by atoms with Gasteiger partial charge in [-0.05, 0) is 58.1 Å². The smallest absolute Gasteiger partial charge is 0.0340 e. The molecular formula is C25H18S2. The van der Waals surface area contributed by atoms with Crippen LogP contribution in [0.5, 0.6) is 0 Å². The molecule has 0 nitrogen and oxygen atoms in total. The van der Waals surface area contributed by atoms with Crippen LogP contribution in [-0.4, -0.2) is 0 Å². The predicted molar refractivity (Wildman–Crippen MR) is 119 cm³/mol. The van der Waals surface area contributed by atoms with Crippen LogP contribution in [0.15, 0.2) is 99.0 Å². The highest BCUT2D eigenvalue weighted by Crippen LogP contribution is 2.52. The molecule has 4 aromatic rings. The Morgan fingerprint density at radius 2 is 1.37 bits per heavy atom. The Labute approximate surface area is 168 Å². The second-order valence-electron chi connectivity index (χ2n) is 6.72. The zero-order valence-electron chi connectivity index (χ0n) is 15.0. The van der Waals surface area contributed by atoms with Crippen molar-refractivity contribution in [2.24, 2.45) is 0 Å². The molecule has 0 atom stereocenters. The summed E-state index contributed by atoms with van der Waals surface area (Å²) in [6.07, 6.45) is 2.01. The third-order valence-corrected chi connectivity index (χ3v) is 7.62. The fourth-order valence-electron chi connectivity index (χ4n) is 3.66. The van der Waals surface area contributed by atoms with E-state index in [1.807, 2.05) is 29.6 Å². The fraction of sp³-hybridized carbons (Fsp3) is 0.0400. The van der Waals surface area contributed by atoms with Crippen molar-refractivity contribution >= 4 is 40.4 Å². The molecule has 0 bridgehead atoms. The lowest BCUT2D eigenvalue weighted by atomic mass is 9.96. The third kappa shape index (κ3) is 2.80.